The van der Waals surface area contributed by atoms with Crippen LogP contribution in [0.1, 0.15) is 32.1 Å². The summed E-state index contributed by atoms with van der Waals surface area (Å²) in [6.07, 6.45) is -1.39. The first-order chi connectivity index (χ1) is 9.86. The molecule has 0 atom stereocenters. The monoisotopic (exact) mass is 326 g/mol. The molecule has 0 aromatic carbocycles. The molecule has 2 N–H and O–H groups in total. The van der Waals surface area contributed by atoms with Gasteiger partial charge in [0.1, 0.15) is 0 Å². The Morgan fingerprint density at radius 3 is 2.38 bits per heavy atom. The summed E-state index contributed by atoms with van der Waals surface area (Å²) in [7, 11) is 0. The molecule has 2 heterocycles. The minimum Gasteiger partial charge on any atom is -0.389 e. The molecule has 0 aromatic rings. The Morgan fingerprint density at radius 2 is 1.81 bits per heavy atom. The molecule has 2 aliphatic heterocycles. The number of nitrogens with zero attached hydrogens (tertiary/aromatic N) is 1. The molecule has 7 heteroatoms. The van der Waals surface area contributed by atoms with E-state index in [-0.39, 0.29) is 6.54 Å². The largest absolute Gasteiger partial charge is 0.390 e. The number of alkyl halides is 3. The lowest BCUT2D eigenvalue weighted by atomic mass is 9.95. The lowest BCUT2D eigenvalue weighted by Crippen LogP contribution is -2.50. The van der Waals surface area contributed by atoms with Crippen LogP contribution >= 0.6 is 11.8 Å². The minimum absolute atomic E-state index is 0.109. The lowest BCUT2D eigenvalue weighted by molar-refractivity contribution is -0.138. The number of likely N-dealkylation sites (tertiary alicyclic amines) is 1. The quantitative estimate of drug-likeness (QED) is 0.812. The Morgan fingerprint density at radius 1 is 1.19 bits per heavy atom. The summed E-state index contributed by atoms with van der Waals surface area (Å²) < 4.78 is 36.6. The third-order valence-corrected chi connectivity index (χ3v) is 5.43. The van der Waals surface area contributed by atoms with Crippen molar-refractivity contribution in [2.75, 3.05) is 37.7 Å². The molecule has 0 amide bonds. The fourth-order valence-electron chi connectivity index (χ4n) is 2.91. The molecule has 2 rings (SSSR count). The van der Waals surface area contributed by atoms with Gasteiger partial charge in [0, 0.05) is 19.1 Å². The van der Waals surface area contributed by atoms with Crippen LogP contribution in [0.3, 0.4) is 0 Å². The summed E-state index contributed by atoms with van der Waals surface area (Å²) >= 11 is 1.88. The zero-order valence-corrected chi connectivity index (χ0v) is 13.1. The van der Waals surface area contributed by atoms with Crippen LogP contribution in [0.2, 0.25) is 0 Å². The Bertz CT molecular complexity index is 314. The second kappa shape index (κ2) is 7.53. The van der Waals surface area contributed by atoms with Crippen LogP contribution in [-0.2, 0) is 0 Å². The van der Waals surface area contributed by atoms with Crippen LogP contribution < -0.4 is 5.32 Å². The summed E-state index contributed by atoms with van der Waals surface area (Å²) in [5, 5.41) is 13.8. The molecule has 2 aliphatic rings. The smallest absolute Gasteiger partial charge is 0.389 e. The van der Waals surface area contributed by atoms with E-state index in [1.165, 1.54) is 0 Å². The zero-order chi connectivity index (χ0) is 15.3. The second-order valence-electron chi connectivity index (χ2n) is 6.20. The number of rotatable bonds is 5. The first kappa shape index (κ1) is 17.4. The van der Waals surface area contributed by atoms with Gasteiger partial charge in [-0.05, 0) is 50.3 Å². The first-order valence-electron chi connectivity index (χ1n) is 7.69. The van der Waals surface area contributed by atoms with E-state index in [2.05, 4.69) is 5.32 Å². The Labute approximate surface area is 128 Å². The molecule has 0 saturated carbocycles. The number of hydrogen-bond donors (Lipinski definition) is 2. The third kappa shape index (κ3) is 6.34. The fraction of sp³-hybridized carbons (Fsp3) is 1.00. The maximum absolute atomic E-state index is 12.2. The van der Waals surface area contributed by atoms with Gasteiger partial charge in [0.15, 0.2) is 0 Å². The van der Waals surface area contributed by atoms with Crippen LogP contribution in [0.4, 0.5) is 13.2 Å². The van der Waals surface area contributed by atoms with Crippen molar-refractivity contribution in [1.82, 2.24) is 10.2 Å². The fourth-order valence-corrected chi connectivity index (χ4v) is 4.16. The van der Waals surface area contributed by atoms with Gasteiger partial charge in [-0.15, -0.1) is 0 Å². The minimum atomic E-state index is -4.06. The van der Waals surface area contributed by atoms with Crippen LogP contribution in [0.5, 0.6) is 0 Å². The predicted octanol–water partition coefficient (Wildman–Crippen LogP) is 2.25. The summed E-state index contributed by atoms with van der Waals surface area (Å²) in [4.78, 5) is 1.89. The highest BCUT2D eigenvalue weighted by Gasteiger charge is 2.31. The maximum Gasteiger partial charge on any atom is 0.390 e. The molecule has 0 bridgehead atoms. The summed E-state index contributed by atoms with van der Waals surface area (Å²) in [5.41, 5.74) is -0.585. The Hall–Kier alpha value is 0.0200. The number of halogens is 3. The highest BCUT2D eigenvalue weighted by Crippen LogP contribution is 2.27. The van der Waals surface area contributed by atoms with Crippen molar-refractivity contribution in [3.63, 3.8) is 0 Å². The summed E-state index contributed by atoms with van der Waals surface area (Å²) in [5.74, 6) is 2.02. The van der Waals surface area contributed by atoms with Gasteiger partial charge >= 0.3 is 6.18 Å². The Kier molecular flexibility index (Phi) is 6.23. The van der Waals surface area contributed by atoms with Crippen molar-refractivity contribution in [3.05, 3.63) is 0 Å². The molecule has 0 aromatic heterocycles. The van der Waals surface area contributed by atoms with Crippen molar-refractivity contribution in [2.45, 2.75) is 49.9 Å². The van der Waals surface area contributed by atoms with E-state index >= 15 is 0 Å². The van der Waals surface area contributed by atoms with E-state index in [1.54, 1.807) is 0 Å². The Balaban J connectivity index is 1.62. The van der Waals surface area contributed by atoms with Crippen molar-refractivity contribution in [2.24, 2.45) is 0 Å². The van der Waals surface area contributed by atoms with Gasteiger partial charge in [-0.2, -0.15) is 24.9 Å². The lowest BCUT2D eigenvalue weighted by Gasteiger charge is -2.36. The van der Waals surface area contributed by atoms with E-state index < -0.39 is 18.2 Å². The molecule has 0 aliphatic carbocycles. The van der Waals surface area contributed by atoms with Gasteiger partial charge in [0.05, 0.1) is 12.0 Å². The summed E-state index contributed by atoms with van der Waals surface area (Å²) in [6, 6.07) is 0.325. The van der Waals surface area contributed by atoms with E-state index in [4.69, 9.17) is 0 Å². The van der Waals surface area contributed by atoms with E-state index in [0.29, 0.717) is 25.7 Å². The second-order valence-corrected chi connectivity index (χ2v) is 7.42. The number of thioether (sulfide) groups is 1. The van der Waals surface area contributed by atoms with Crippen LogP contribution in [-0.4, -0.2) is 65.5 Å². The molecular formula is C14H25F3N2OS. The van der Waals surface area contributed by atoms with Gasteiger partial charge in [-0.1, -0.05) is 0 Å². The molecule has 0 radical (unpaired) electrons. The van der Waals surface area contributed by atoms with Gasteiger partial charge in [-0.25, -0.2) is 0 Å². The van der Waals surface area contributed by atoms with Crippen molar-refractivity contribution >= 4 is 11.8 Å². The molecule has 0 unspecified atom stereocenters. The topological polar surface area (TPSA) is 35.5 Å². The van der Waals surface area contributed by atoms with Gasteiger partial charge in [0.25, 0.3) is 0 Å². The van der Waals surface area contributed by atoms with Crippen molar-refractivity contribution in [3.8, 4) is 0 Å². The normalized spacial score (nSPS) is 25.1. The summed E-state index contributed by atoms with van der Waals surface area (Å²) in [6.45, 7) is 2.14. The molecule has 2 fully saturated rings. The van der Waals surface area contributed by atoms with E-state index in [0.717, 1.165) is 37.2 Å². The molecule has 2 saturated heterocycles. The van der Waals surface area contributed by atoms with Crippen molar-refractivity contribution in [1.29, 1.82) is 0 Å². The highest BCUT2D eigenvalue weighted by molar-refractivity contribution is 7.99. The number of aliphatic hydroxyl groups is 1. The van der Waals surface area contributed by atoms with Crippen LogP contribution in [0.15, 0.2) is 0 Å². The van der Waals surface area contributed by atoms with Crippen LogP contribution in [0, 0.1) is 0 Å². The standard InChI is InChI=1S/C14H25F3N2OS/c15-14(16,17)3-8-19-6-1-12(2-7-19)18-11-13(20)4-9-21-10-5-13/h12,18,20H,1-11H2. The van der Waals surface area contributed by atoms with E-state index in [1.807, 2.05) is 16.7 Å². The third-order valence-electron chi connectivity index (χ3n) is 4.44. The van der Waals surface area contributed by atoms with Gasteiger partial charge < -0.3 is 15.3 Å². The highest BCUT2D eigenvalue weighted by atomic mass is 32.2. The van der Waals surface area contributed by atoms with Gasteiger partial charge in [-0.3, -0.25) is 0 Å². The molecule has 124 valence electrons. The maximum atomic E-state index is 12.2. The van der Waals surface area contributed by atoms with E-state index in [9.17, 15) is 18.3 Å². The SMILES string of the molecule is OC1(CNC2CCN(CCC(F)(F)F)CC2)CCSCC1. The molecular weight excluding hydrogens is 301 g/mol. The predicted molar refractivity (Wildman–Crippen MR) is 79.6 cm³/mol. The molecule has 21 heavy (non-hydrogen) atoms. The number of nitrogens with one attached hydrogen (secondary N) is 1. The first-order valence-corrected chi connectivity index (χ1v) is 8.84. The average Bonchev–Trinajstić information content (AvgIpc) is 2.44. The van der Waals surface area contributed by atoms with Gasteiger partial charge in [0.2, 0.25) is 0 Å². The molecule has 3 nitrogen and oxygen atoms in total. The average molecular weight is 326 g/mol. The zero-order valence-electron chi connectivity index (χ0n) is 12.3. The number of piperidine rings is 1. The van der Waals surface area contributed by atoms with Crippen molar-refractivity contribution < 1.29 is 18.3 Å². The number of hydrogen-bond acceptors (Lipinski definition) is 4. The van der Waals surface area contributed by atoms with Crippen LogP contribution in [0.25, 0.3) is 0 Å². The molecule has 0 spiro atoms.